The molecule has 4 aromatic rings. The maximum atomic E-state index is 12.3. The highest BCUT2D eigenvalue weighted by atomic mass is 16.6. The number of hydrogen-bond acceptors (Lipinski definition) is 6. The number of carbonyl (C=O) groups is 1. The van der Waals surface area contributed by atoms with Gasteiger partial charge in [-0.05, 0) is 35.0 Å². The Bertz CT molecular complexity index is 1100. The molecule has 6 nitrogen and oxygen atoms in total. The van der Waals surface area contributed by atoms with Crippen molar-refractivity contribution in [2.75, 3.05) is 7.11 Å². The molecule has 0 saturated carbocycles. The van der Waals surface area contributed by atoms with Crippen LogP contribution in [0.1, 0.15) is 16.2 Å². The molecule has 6 heteroatoms. The quantitative estimate of drug-likeness (QED) is 0.495. The van der Waals surface area contributed by atoms with Crippen molar-refractivity contribution in [3.63, 3.8) is 0 Å². The van der Waals surface area contributed by atoms with Crippen molar-refractivity contribution in [2.45, 2.75) is 6.61 Å². The predicted octanol–water partition coefficient (Wildman–Crippen LogP) is 4.26. The summed E-state index contributed by atoms with van der Waals surface area (Å²) in [5.41, 5.74) is 1.18. The number of hydrogen-bond donors (Lipinski definition) is 0. The summed E-state index contributed by atoms with van der Waals surface area (Å²) in [4.78, 5) is 16.6. The first-order valence-corrected chi connectivity index (χ1v) is 8.36. The molecule has 3 aromatic carbocycles. The average molecular weight is 360 g/mol. The number of rotatable bonds is 5. The van der Waals surface area contributed by atoms with Crippen molar-refractivity contribution in [2.24, 2.45) is 0 Å². The molecule has 0 unspecified atom stereocenters. The zero-order chi connectivity index (χ0) is 18.6. The molecule has 0 radical (unpaired) electrons. The Morgan fingerprint density at radius 3 is 2.63 bits per heavy atom. The smallest absolute Gasteiger partial charge is 0.338 e. The number of methoxy groups -OCH3 is 1. The molecule has 4 rings (SSSR count). The Balaban J connectivity index is 1.47. The van der Waals surface area contributed by atoms with Crippen LogP contribution in [0.4, 0.5) is 0 Å². The van der Waals surface area contributed by atoms with Crippen LogP contribution in [-0.2, 0) is 11.3 Å². The van der Waals surface area contributed by atoms with Crippen LogP contribution in [0.2, 0.25) is 0 Å². The molecule has 1 heterocycles. The first-order valence-electron chi connectivity index (χ1n) is 8.36. The lowest BCUT2D eigenvalue weighted by molar-refractivity contribution is 0.0430. The Labute approximate surface area is 155 Å². The molecule has 1 aromatic heterocycles. The van der Waals surface area contributed by atoms with Gasteiger partial charge in [-0.1, -0.05) is 47.6 Å². The predicted molar refractivity (Wildman–Crippen MR) is 99.4 cm³/mol. The Kier molecular flexibility index (Phi) is 4.53. The van der Waals surface area contributed by atoms with Gasteiger partial charge in [0.25, 0.3) is 5.89 Å². The molecule has 0 aliphatic heterocycles. The van der Waals surface area contributed by atoms with Gasteiger partial charge in [-0.15, -0.1) is 0 Å². The molecule has 0 bridgehead atoms. The lowest BCUT2D eigenvalue weighted by Crippen LogP contribution is -2.05. The van der Waals surface area contributed by atoms with E-state index in [1.54, 1.807) is 19.2 Å². The minimum atomic E-state index is -0.446. The Hall–Kier alpha value is -3.67. The molecule has 0 aliphatic carbocycles. The zero-order valence-electron chi connectivity index (χ0n) is 14.6. The topological polar surface area (TPSA) is 74.5 Å². The third kappa shape index (κ3) is 3.50. The first kappa shape index (κ1) is 16.8. The SMILES string of the molecule is COc1ccccc1-c1noc(COC(=O)c2ccc3ccccc3c2)n1. The van der Waals surface area contributed by atoms with Crippen LogP contribution in [0.15, 0.2) is 71.3 Å². The van der Waals surface area contributed by atoms with E-state index in [0.717, 1.165) is 10.8 Å². The van der Waals surface area contributed by atoms with Crippen LogP contribution in [0.25, 0.3) is 22.2 Å². The van der Waals surface area contributed by atoms with E-state index < -0.39 is 5.97 Å². The Morgan fingerprint density at radius 2 is 1.78 bits per heavy atom. The number of fused-ring (bicyclic) bond motifs is 1. The van der Waals surface area contributed by atoms with Crippen molar-refractivity contribution in [1.82, 2.24) is 10.1 Å². The second kappa shape index (κ2) is 7.29. The lowest BCUT2D eigenvalue weighted by atomic mass is 10.1. The summed E-state index contributed by atoms with van der Waals surface area (Å²) in [6.45, 7) is -0.103. The molecule has 0 atom stereocenters. The molecule has 0 fully saturated rings. The van der Waals surface area contributed by atoms with E-state index in [1.807, 2.05) is 54.6 Å². The number of esters is 1. The van der Waals surface area contributed by atoms with Crippen LogP contribution < -0.4 is 4.74 Å². The van der Waals surface area contributed by atoms with Gasteiger partial charge in [-0.2, -0.15) is 4.98 Å². The summed E-state index contributed by atoms with van der Waals surface area (Å²) in [7, 11) is 1.57. The van der Waals surface area contributed by atoms with Crippen LogP contribution in [0.3, 0.4) is 0 Å². The molecule has 0 aliphatic rings. The number of nitrogens with zero attached hydrogens (tertiary/aromatic N) is 2. The third-order valence-electron chi connectivity index (χ3n) is 4.13. The van der Waals surface area contributed by atoms with Crippen LogP contribution >= 0.6 is 0 Å². The van der Waals surface area contributed by atoms with Crippen molar-refractivity contribution in [1.29, 1.82) is 0 Å². The number of carbonyl (C=O) groups excluding carboxylic acids is 1. The minimum absolute atomic E-state index is 0.103. The summed E-state index contributed by atoms with van der Waals surface area (Å²) in [6, 6.07) is 20.6. The summed E-state index contributed by atoms with van der Waals surface area (Å²) < 4.78 is 15.8. The third-order valence-corrected chi connectivity index (χ3v) is 4.13. The van der Waals surface area contributed by atoms with Crippen molar-refractivity contribution >= 4 is 16.7 Å². The van der Waals surface area contributed by atoms with Crippen molar-refractivity contribution in [3.05, 3.63) is 78.2 Å². The summed E-state index contributed by atoms with van der Waals surface area (Å²) in [6.07, 6.45) is 0. The van der Waals surface area contributed by atoms with Gasteiger partial charge in [-0.25, -0.2) is 4.79 Å². The van der Waals surface area contributed by atoms with Crippen LogP contribution in [0, 0.1) is 0 Å². The van der Waals surface area contributed by atoms with Crippen LogP contribution in [0.5, 0.6) is 5.75 Å². The van der Waals surface area contributed by atoms with Gasteiger partial charge in [0, 0.05) is 0 Å². The number of para-hydroxylation sites is 1. The van der Waals surface area contributed by atoms with E-state index in [-0.39, 0.29) is 12.5 Å². The first-order chi connectivity index (χ1) is 13.2. The van der Waals surface area contributed by atoms with E-state index in [9.17, 15) is 4.79 Å². The van der Waals surface area contributed by atoms with E-state index in [4.69, 9.17) is 14.0 Å². The Morgan fingerprint density at radius 1 is 1.00 bits per heavy atom. The second-order valence-electron chi connectivity index (χ2n) is 5.85. The minimum Gasteiger partial charge on any atom is -0.496 e. The van der Waals surface area contributed by atoms with Gasteiger partial charge >= 0.3 is 5.97 Å². The fourth-order valence-electron chi connectivity index (χ4n) is 2.78. The normalized spacial score (nSPS) is 10.7. The van der Waals surface area contributed by atoms with Gasteiger partial charge < -0.3 is 14.0 Å². The highest BCUT2D eigenvalue weighted by molar-refractivity contribution is 5.95. The van der Waals surface area contributed by atoms with Gasteiger partial charge in [0.05, 0.1) is 18.2 Å². The average Bonchev–Trinajstić information content (AvgIpc) is 3.20. The second-order valence-corrected chi connectivity index (χ2v) is 5.85. The van der Waals surface area contributed by atoms with Gasteiger partial charge in [0.2, 0.25) is 5.82 Å². The molecular weight excluding hydrogens is 344 g/mol. The van der Waals surface area contributed by atoms with E-state index in [0.29, 0.717) is 22.7 Å². The molecule has 0 saturated heterocycles. The summed E-state index contributed by atoms with van der Waals surface area (Å²) >= 11 is 0. The summed E-state index contributed by atoms with van der Waals surface area (Å²) in [5, 5.41) is 5.97. The van der Waals surface area contributed by atoms with Crippen molar-refractivity contribution < 1.29 is 18.8 Å². The highest BCUT2D eigenvalue weighted by Crippen LogP contribution is 2.27. The summed E-state index contributed by atoms with van der Waals surface area (Å²) in [5.74, 6) is 0.782. The number of aromatic nitrogens is 2. The molecule has 134 valence electrons. The van der Waals surface area contributed by atoms with Gasteiger partial charge in [-0.3, -0.25) is 0 Å². The van der Waals surface area contributed by atoms with Gasteiger partial charge in [0.1, 0.15) is 5.75 Å². The molecule has 0 spiro atoms. The monoisotopic (exact) mass is 360 g/mol. The van der Waals surface area contributed by atoms with Crippen molar-refractivity contribution in [3.8, 4) is 17.1 Å². The van der Waals surface area contributed by atoms with Crippen LogP contribution in [-0.4, -0.2) is 23.2 Å². The number of ether oxygens (including phenoxy) is 2. The standard InChI is InChI=1S/C21H16N2O4/c1-25-18-9-5-4-8-17(18)20-22-19(27-23-20)13-26-21(24)16-11-10-14-6-2-3-7-15(14)12-16/h2-12H,13H2,1H3. The largest absolute Gasteiger partial charge is 0.496 e. The van der Waals surface area contributed by atoms with Gasteiger partial charge in [0.15, 0.2) is 6.61 Å². The fourth-order valence-corrected chi connectivity index (χ4v) is 2.78. The van der Waals surface area contributed by atoms with E-state index >= 15 is 0 Å². The highest BCUT2D eigenvalue weighted by Gasteiger charge is 2.15. The lowest BCUT2D eigenvalue weighted by Gasteiger charge is -2.04. The molecular formula is C21H16N2O4. The molecule has 0 amide bonds. The number of benzene rings is 3. The van der Waals surface area contributed by atoms with E-state index in [1.165, 1.54) is 0 Å². The zero-order valence-corrected chi connectivity index (χ0v) is 14.6. The maximum Gasteiger partial charge on any atom is 0.338 e. The molecule has 27 heavy (non-hydrogen) atoms. The maximum absolute atomic E-state index is 12.3. The molecule has 0 N–H and O–H groups in total. The van der Waals surface area contributed by atoms with E-state index in [2.05, 4.69) is 10.1 Å². The fraction of sp³-hybridized carbons (Fsp3) is 0.0952.